The second-order valence-electron chi connectivity index (χ2n) is 9.19. The molecule has 0 saturated carbocycles. The van der Waals surface area contributed by atoms with E-state index in [2.05, 4.69) is 24.4 Å². The quantitative estimate of drug-likeness (QED) is 0.388. The Kier molecular flexibility index (Phi) is 8.31. The molecule has 2 aromatic carbocycles. The van der Waals surface area contributed by atoms with E-state index < -0.39 is 0 Å². The van der Waals surface area contributed by atoms with E-state index in [1.165, 1.54) is 10.4 Å². The number of thiophene rings is 1. The number of fused-ring (bicyclic) bond motifs is 1. The van der Waals surface area contributed by atoms with E-state index in [0.717, 1.165) is 29.7 Å². The largest absolute Gasteiger partial charge is 0.497 e. The second-order valence-corrected chi connectivity index (χ2v) is 10.2. The zero-order valence-corrected chi connectivity index (χ0v) is 22.3. The minimum Gasteiger partial charge on any atom is -0.497 e. The zero-order chi connectivity index (χ0) is 25.7. The van der Waals surface area contributed by atoms with Crippen LogP contribution in [0, 0.1) is 13.8 Å². The van der Waals surface area contributed by atoms with Gasteiger partial charge in [0.25, 0.3) is 5.91 Å². The van der Waals surface area contributed by atoms with Crippen molar-refractivity contribution in [3.63, 3.8) is 0 Å². The van der Waals surface area contributed by atoms with Crippen LogP contribution in [0.3, 0.4) is 0 Å². The molecule has 36 heavy (non-hydrogen) atoms. The van der Waals surface area contributed by atoms with E-state index in [-0.39, 0.29) is 24.4 Å². The van der Waals surface area contributed by atoms with Crippen LogP contribution < -0.4 is 9.47 Å². The fourth-order valence-corrected chi connectivity index (χ4v) is 5.63. The predicted octanol–water partition coefficient (Wildman–Crippen LogP) is 5.43. The summed E-state index contributed by atoms with van der Waals surface area (Å²) < 4.78 is 11.5. The molecule has 1 aliphatic heterocycles. The summed E-state index contributed by atoms with van der Waals surface area (Å²) in [5, 5.41) is 2.08. The van der Waals surface area contributed by atoms with Crippen LogP contribution in [0.1, 0.15) is 51.3 Å². The van der Waals surface area contributed by atoms with E-state index in [1.807, 2.05) is 30.9 Å². The molecule has 1 unspecified atom stereocenters. The average Bonchev–Trinajstić information content (AvgIpc) is 3.36. The number of methoxy groups -OCH3 is 1. The monoisotopic (exact) mass is 506 g/mol. The van der Waals surface area contributed by atoms with Gasteiger partial charge in [-0.3, -0.25) is 9.59 Å². The lowest BCUT2D eigenvalue weighted by Gasteiger charge is -2.37. The van der Waals surface area contributed by atoms with E-state index in [9.17, 15) is 9.59 Å². The van der Waals surface area contributed by atoms with Crippen molar-refractivity contribution in [2.75, 3.05) is 33.4 Å². The van der Waals surface area contributed by atoms with Crippen molar-refractivity contribution >= 4 is 23.2 Å². The summed E-state index contributed by atoms with van der Waals surface area (Å²) in [6.07, 6.45) is 1.59. The van der Waals surface area contributed by atoms with Gasteiger partial charge in [0.2, 0.25) is 5.91 Å². The van der Waals surface area contributed by atoms with Gasteiger partial charge in [-0.15, -0.1) is 11.3 Å². The fourth-order valence-electron chi connectivity index (χ4n) is 4.70. The minimum absolute atomic E-state index is 0.0399. The first-order chi connectivity index (χ1) is 17.4. The van der Waals surface area contributed by atoms with Crippen LogP contribution in [0.25, 0.3) is 0 Å². The Morgan fingerprint density at radius 3 is 2.58 bits per heavy atom. The maximum absolute atomic E-state index is 13.6. The molecule has 0 aliphatic carbocycles. The summed E-state index contributed by atoms with van der Waals surface area (Å²) in [7, 11) is 1.59. The Balaban J connectivity index is 1.52. The van der Waals surface area contributed by atoms with Crippen molar-refractivity contribution < 1.29 is 19.1 Å². The molecule has 6 nitrogen and oxygen atoms in total. The second kappa shape index (κ2) is 11.6. The Morgan fingerprint density at radius 2 is 1.89 bits per heavy atom. The van der Waals surface area contributed by atoms with Gasteiger partial charge in [-0.2, -0.15) is 0 Å². The van der Waals surface area contributed by atoms with Crippen molar-refractivity contribution in [1.82, 2.24) is 9.80 Å². The standard InChI is InChI=1S/C29H34N2O4S/c1-5-14-30(29(33)22-7-9-23(34-4)10-8-22)18-28(32)31-15-12-27-24(13-16-36-27)25(31)19-35-26-11-6-20(2)17-21(26)3/h6-11,13,16-17,25H,5,12,14-15,18-19H2,1-4H3. The molecule has 0 bridgehead atoms. The molecule has 1 atom stereocenters. The summed E-state index contributed by atoms with van der Waals surface area (Å²) in [6, 6.07) is 15.1. The average molecular weight is 507 g/mol. The third-order valence-corrected chi connectivity index (χ3v) is 7.58. The number of rotatable bonds is 9. The first-order valence-corrected chi connectivity index (χ1v) is 13.3. The summed E-state index contributed by atoms with van der Waals surface area (Å²) in [5.74, 6) is 1.31. The molecule has 3 aromatic rings. The van der Waals surface area contributed by atoms with Crippen LogP contribution in [-0.4, -0.2) is 55.0 Å². The Bertz CT molecular complexity index is 1200. The number of carbonyl (C=O) groups is 2. The highest BCUT2D eigenvalue weighted by Gasteiger charge is 2.33. The molecule has 2 heterocycles. The Labute approximate surface area is 217 Å². The molecule has 4 rings (SSSR count). The van der Waals surface area contributed by atoms with Crippen LogP contribution in [0.5, 0.6) is 11.5 Å². The molecule has 0 radical (unpaired) electrons. The van der Waals surface area contributed by atoms with Crippen LogP contribution in [0.4, 0.5) is 0 Å². The van der Waals surface area contributed by atoms with Crippen LogP contribution in [0.2, 0.25) is 0 Å². The summed E-state index contributed by atoms with van der Waals surface area (Å²) in [4.78, 5) is 31.7. The van der Waals surface area contributed by atoms with Crippen LogP contribution >= 0.6 is 11.3 Å². The van der Waals surface area contributed by atoms with Crippen LogP contribution in [-0.2, 0) is 11.2 Å². The normalized spacial score (nSPS) is 14.8. The highest BCUT2D eigenvalue weighted by Crippen LogP contribution is 2.34. The maximum atomic E-state index is 13.6. The van der Waals surface area contributed by atoms with Gasteiger partial charge in [0.15, 0.2) is 0 Å². The number of benzene rings is 2. The van der Waals surface area contributed by atoms with Gasteiger partial charge in [0.05, 0.1) is 13.2 Å². The van der Waals surface area contributed by atoms with Crippen molar-refractivity contribution in [3.05, 3.63) is 81.0 Å². The molecule has 2 amide bonds. The van der Waals surface area contributed by atoms with E-state index >= 15 is 0 Å². The molecule has 0 fully saturated rings. The summed E-state index contributed by atoms with van der Waals surface area (Å²) >= 11 is 1.73. The van der Waals surface area contributed by atoms with Gasteiger partial charge >= 0.3 is 0 Å². The van der Waals surface area contributed by atoms with Gasteiger partial charge in [0, 0.05) is 23.5 Å². The fraction of sp³-hybridized carbons (Fsp3) is 0.379. The van der Waals surface area contributed by atoms with Crippen molar-refractivity contribution in [1.29, 1.82) is 0 Å². The lowest BCUT2D eigenvalue weighted by Crippen LogP contribution is -2.48. The molecule has 190 valence electrons. The maximum Gasteiger partial charge on any atom is 0.254 e. The van der Waals surface area contributed by atoms with Gasteiger partial charge in [0.1, 0.15) is 24.7 Å². The predicted molar refractivity (Wildman–Crippen MR) is 143 cm³/mol. The Hall–Kier alpha value is -3.32. The molecular weight excluding hydrogens is 472 g/mol. The highest BCUT2D eigenvalue weighted by atomic mass is 32.1. The van der Waals surface area contributed by atoms with Gasteiger partial charge in [-0.1, -0.05) is 24.6 Å². The smallest absolute Gasteiger partial charge is 0.254 e. The number of ether oxygens (including phenoxy) is 2. The topological polar surface area (TPSA) is 59.1 Å². The molecular formula is C29H34N2O4S. The molecule has 7 heteroatoms. The number of amides is 2. The summed E-state index contributed by atoms with van der Waals surface area (Å²) in [5.41, 5.74) is 3.96. The van der Waals surface area contributed by atoms with Crippen molar-refractivity contribution in [2.45, 2.75) is 39.7 Å². The molecule has 0 spiro atoms. The van der Waals surface area contributed by atoms with Gasteiger partial charge in [-0.05, 0) is 79.6 Å². The van der Waals surface area contributed by atoms with Crippen LogP contribution in [0.15, 0.2) is 53.9 Å². The van der Waals surface area contributed by atoms with E-state index in [4.69, 9.17) is 9.47 Å². The van der Waals surface area contributed by atoms with Gasteiger partial charge in [-0.25, -0.2) is 0 Å². The molecule has 1 aliphatic rings. The lowest BCUT2D eigenvalue weighted by molar-refractivity contribution is -0.135. The Morgan fingerprint density at radius 1 is 1.11 bits per heavy atom. The molecule has 1 aromatic heterocycles. The van der Waals surface area contributed by atoms with E-state index in [0.29, 0.717) is 31.0 Å². The number of nitrogens with zero attached hydrogens (tertiary/aromatic N) is 2. The third kappa shape index (κ3) is 5.73. The summed E-state index contributed by atoms with van der Waals surface area (Å²) in [6.45, 7) is 7.65. The first kappa shape index (κ1) is 25.8. The highest BCUT2D eigenvalue weighted by molar-refractivity contribution is 7.10. The number of hydrogen-bond acceptors (Lipinski definition) is 5. The zero-order valence-electron chi connectivity index (χ0n) is 21.5. The van der Waals surface area contributed by atoms with Crippen molar-refractivity contribution in [3.8, 4) is 11.5 Å². The van der Waals surface area contributed by atoms with Crippen molar-refractivity contribution in [2.24, 2.45) is 0 Å². The molecule has 0 N–H and O–H groups in total. The van der Waals surface area contributed by atoms with Gasteiger partial charge < -0.3 is 19.3 Å². The minimum atomic E-state index is -0.187. The number of aryl methyl sites for hydroxylation is 2. The number of hydrogen-bond donors (Lipinski definition) is 0. The number of carbonyl (C=O) groups excluding carboxylic acids is 2. The third-order valence-electron chi connectivity index (χ3n) is 6.59. The SMILES string of the molecule is CCCN(CC(=O)N1CCc2sccc2C1COc1ccc(C)cc1C)C(=O)c1ccc(OC)cc1. The lowest BCUT2D eigenvalue weighted by atomic mass is 10.00. The first-order valence-electron chi connectivity index (χ1n) is 12.4. The van der Waals surface area contributed by atoms with E-state index in [1.54, 1.807) is 47.6 Å². The molecule has 0 saturated heterocycles.